The first-order valence-corrected chi connectivity index (χ1v) is 6.67. The number of nitrogens with two attached hydrogens (primary N) is 1. The molecular weight excluding hydrogens is 248 g/mol. The molecule has 0 unspecified atom stereocenters. The van der Waals surface area contributed by atoms with Crippen LogP contribution in [0.4, 0.5) is 5.13 Å². The fraction of sp³-hybridized carbons (Fsp3) is 0.417. The molecule has 1 aromatic heterocycles. The molecule has 0 bridgehead atoms. The SMILES string of the molecule is N#CC(=CNc1nc2c(s1)CCCCC2)C(N)=O. The van der Waals surface area contributed by atoms with E-state index >= 15 is 0 Å². The minimum atomic E-state index is -0.733. The number of carbonyl (C=O) groups is 1. The number of amides is 1. The second-order valence-corrected chi connectivity index (χ2v) is 5.21. The largest absolute Gasteiger partial charge is 0.365 e. The predicted molar refractivity (Wildman–Crippen MR) is 69.9 cm³/mol. The molecule has 0 atom stereocenters. The molecule has 1 heterocycles. The van der Waals surface area contributed by atoms with Crippen LogP contribution in [0.5, 0.6) is 0 Å². The first-order valence-electron chi connectivity index (χ1n) is 5.86. The number of rotatable bonds is 3. The Morgan fingerprint density at radius 2 is 2.22 bits per heavy atom. The monoisotopic (exact) mass is 262 g/mol. The lowest BCUT2D eigenvalue weighted by atomic mass is 10.2. The van der Waals surface area contributed by atoms with Crippen molar-refractivity contribution in [3.63, 3.8) is 0 Å². The van der Waals surface area contributed by atoms with Crippen molar-refractivity contribution in [3.8, 4) is 6.07 Å². The van der Waals surface area contributed by atoms with Crippen LogP contribution < -0.4 is 11.1 Å². The molecule has 5 nitrogen and oxygen atoms in total. The molecule has 0 fully saturated rings. The van der Waals surface area contributed by atoms with E-state index in [-0.39, 0.29) is 5.57 Å². The highest BCUT2D eigenvalue weighted by Gasteiger charge is 2.13. The zero-order chi connectivity index (χ0) is 13.0. The number of hydrogen-bond donors (Lipinski definition) is 2. The predicted octanol–water partition coefficient (Wildman–Crippen LogP) is 1.72. The summed E-state index contributed by atoms with van der Waals surface area (Å²) in [6, 6.07) is 1.74. The zero-order valence-corrected chi connectivity index (χ0v) is 10.7. The maximum Gasteiger partial charge on any atom is 0.260 e. The van der Waals surface area contributed by atoms with Gasteiger partial charge in [0.2, 0.25) is 0 Å². The number of thiazole rings is 1. The van der Waals surface area contributed by atoms with E-state index in [1.807, 2.05) is 0 Å². The third-order valence-electron chi connectivity index (χ3n) is 2.82. The van der Waals surface area contributed by atoms with Gasteiger partial charge in [-0.25, -0.2) is 4.98 Å². The van der Waals surface area contributed by atoms with Gasteiger partial charge in [-0.15, -0.1) is 11.3 Å². The zero-order valence-electron chi connectivity index (χ0n) is 9.90. The van der Waals surface area contributed by atoms with Gasteiger partial charge in [-0.2, -0.15) is 5.26 Å². The van der Waals surface area contributed by atoms with Crippen LogP contribution in [0.25, 0.3) is 0 Å². The van der Waals surface area contributed by atoms with Gasteiger partial charge in [0.05, 0.1) is 5.69 Å². The first-order chi connectivity index (χ1) is 8.70. The van der Waals surface area contributed by atoms with Crippen LogP contribution in [0.1, 0.15) is 29.8 Å². The van der Waals surface area contributed by atoms with Crippen molar-refractivity contribution in [2.75, 3.05) is 5.32 Å². The van der Waals surface area contributed by atoms with Crippen molar-refractivity contribution >= 4 is 22.4 Å². The average molecular weight is 262 g/mol. The van der Waals surface area contributed by atoms with E-state index in [0.29, 0.717) is 0 Å². The number of fused-ring (bicyclic) bond motifs is 1. The lowest BCUT2D eigenvalue weighted by Gasteiger charge is -1.95. The summed E-state index contributed by atoms with van der Waals surface area (Å²) in [6.07, 6.45) is 7.04. The molecule has 18 heavy (non-hydrogen) atoms. The minimum absolute atomic E-state index is 0.0969. The second kappa shape index (κ2) is 5.65. The fourth-order valence-electron chi connectivity index (χ4n) is 1.88. The van der Waals surface area contributed by atoms with Crippen molar-refractivity contribution in [2.45, 2.75) is 32.1 Å². The first kappa shape index (κ1) is 12.6. The number of hydrogen-bond acceptors (Lipinski definition) is 5. The van der Waals surface area contributed by atoms with E-state index < -0.39 is 5.91 Å². The maximum absolute atomic E-state index is 10.9. The summed E-state index contributed by atoms with van der Waals surface area (Å²) >= 11 is 1.58. The van der Waals surface area contributed by atoms with Gasteiger partial charge in [-0.1, -0.05) is 6.42 Å². The number of carbonyl (C=O) groups excluding carboxylic acids is 1. The van der Waals surface area contributed by atoms with E-state index in [0.717, 1.165) is 23.7 Å². The number of anilines is 1. The highest BCUT2D eigenvalue weighted by Crippen LogP contribution is 2.28. The van der Waals surface area contributed by atoms with Gasteiger partial charge in [-0.3, -0.25) is 4.79 Å². The number of nitrogens with zero attached hydrogens (tertiary/aromatic N) is 2. The summed E-state index contributed by atoms with van der Waals surface area (Å²) in [5.41, 5.74) is 6.09. The van der Waals surface area contributed by atoms with E-state index in [1.165, 1.54) is 30.3 Å². The van der Waals surface area contributed by atoms with Crippen LogP contribution in [0.3, 0.4) is 0 Å². The van der Waals surface area contributed by atoms with Crippen molar-refractivity contribution in [3.05, 3.63) is 22.3 Å². The van der Waals surface area contributed by atoms with E-state index in [2.05, 4.69) is 10.3 Å². The third kappa shape index (κ3) is 2.87. The van der Waals surface area contributed by atoms with Crippen LogP contribution in [0, 0.1) is 11.3 Å². The van der Waals surface area contributed by atoms with Crippen molar-refractivity contribution in [1.29, 1.82) is 5.26 Å². The molecule has 1 aliphatic carbocycles. The molecule has 0 saturated heterocycles. The van der Waals surface area contributed by atoms with Gasteiger partial charge >= 0.3 is 0 Å². The van der Waals surface area contributed by atoms with Crippen LogP contribution in [0.2, 0.25) is 0 Å². The van der Waals surface area contributed by atoms with Crippen LogP contribution in [-0.2, 0) is 17.6 Å². The molecular formula is C12H14N4OS. The van der Waals surface area contributed by atoms with Crippen LogP contribution >= 0.6 is 11.3 Å². The second-order valence-electron chi connectivity index (χ2n) is 4.13. The van der Waals surface area contributed by atoms with Gasteiger partial charge in [0, 0.05) is 11.1 Å². The van der Waals surface area contributed by atoms with Crippen molar-refractivity contribution < 1.29 is 4.79 Å². The Kier molecular flexibility index (Phi) is 3.95. The lowest BCUT2D eigenvalue weighted by molar-refractivity contribution is -0.114. The fourth-order valence-corrected chi connectivity index (χ4v) is 2.90. The summed E-state index contributed by atoms with van der Waals surface area (Å²) in [6.45, 7) is 0. The van der Waals surface area contributed by atoms with Gasteiger partial charge in [0.25, 0.3) is 5.91 Å². The summed E-state index contributed by atoms with van der Waals surface area (Å²) < 4.78 is 0. The topological polar surface area (TPSA) is 91.8 Å². The average Bonchev–Trinajstić information content (AvgIpc) is 2.60. The standard InChI is InChI=1S/C12H14N4OS/c13-6-8(11(14)17)7-15-12-16-9-4-2-1-3-5-10(9)18-12/h7H,1-5H2,(H2,14,17)(H,15,16). The van der Waals surface area contributed by atoms with Crippen LogP contribution in [-0.4, -0.2) is 10.9 Å². The molecule has 0 spiro atoms. The molecule has 1 aromatic rings. The van der Waals surface area contributed by atoms with Crippen molar-refractivity contribution in [1.82, 2.24) is 4.98 Å². The normalized spacial score (nSPS) is 15.4. The lowest BCUT2D eigenvalue weighted by Crippen LogP contribution is -2.13. The number of aryl methyl sites for hydroxylation is 2. The molecule has 1 aliphatic rings. The molecule has 0 aromatic carbocycles. The Bertz CT molecular complexity index is 503. The molecule has 2 rings (SSSR count). The molecule has 0 aliphatic heterocycles. The summed E-state index contributed by atoms with van der Waals surface area (Å²) in [5, 5.41) is 12.3. The molecule has 94 valence electrons. The minimum Gasteiger partial charge on any atom is -0.365 e. The summed E-state index contributed by atoms with van der Waals surface area (Å²) in [4.78, 5) is 16.7. The number of nitriles is 1. The Morgan fingerprint density at radius 1 is 1.44 bits per heavy atom. The van der Waals surface area contributed by atoms with E-state index in [1.54, 1.807) is 17.4 Å². The maximum atomic E-state index is 10.9. The quantitative estimate of drug-likeness (QED) is 0.493. The smallest absolute Gasteiger partial charge is 0.260 e. The van der Waals surface area contributed by atoms with Gasteiger partial charge in [-0.05, 0) is 25.7 Å². The molecule has 0 radical (unpaired) electrons. The highest BCUT2D eigenvalue weighted by molar-refractivity contribution is 7.15. The Morgan fingerprint density at radius 3 is 2.94 bits per heavy atom. The Hall–Kier alpha value is -1.87. The number of aromatic nitrogens is 1. The molecule has 1 amide bonds. The van der Waals surface area contributed by atoms with E-state index in [9.17, 15) is 4.79 Å². The van der Waals surface area contributed by atoms with Crippen LogP contribution in [0.15, 0.2) is 11.8 Å². The molecule has 3 N–H and O–H groups in total. The molecule has 0 saturated carbocycles. The third-order valence-corrected chi connectivity index (χ3v) is 3.91. The van der Waals surface area contributed by atoms with Gasteiger partial charge in [0.1, 0.15) is 11.6 Å². The Balaban J connectivity index is 2.12. The van der Waals surface area contributed by atoms with Crippen molar-refractivity contribution in [2.24, 2.45) is 5.73 Å². The van der Waals surface area contributed by atoms with Gasteiger partial charge < -0.3 is 11.1 Å². The number of primary amides is 1. The summed E-state index contributed by atoms with van der Waals surface area (Å²) in [7, 11) is 0. The molecule has 6 heteroatoms. The summed E-state index contributed by atoms with van der Waals surface area (Å²) in [5.74, 6) is -0.733. The Labute approximate surface area is 109 Å². The highest BCUT2D eigenvalue weighted by atomic mass is 32.1. The number of nitrogens with one attached hydrogen (secondary N) is 1. The van der Waals surface area contributed by atoms with Gasteiger partial charge in [0.15, 0.2) is 5.13 Å². The van der Waals surface area contributed by atoms with E-state index in [4.69, 9.17) is 11.0 Å².